The van der Waals surface area contributed by atoms with Crippen LogP contribution < -0.4 is 5.32 Å². The van der Waals surface area contributed by atoms with E-state index < -0.39 is 9.84 Å². The molecule has 1 N–H and O–H groups in total. The molecular weight excluding hydrogens is 318 g/mol. The van der Waals surface area contributed by atoms with Gasteiger partial charge in [0.15, 0.2) is 0 Å². The Hall–Kier alpha value is -2.05. The predicted molar refractivity (Wildman–Crippen MR) is 88.9 cm³/mol. The quantitative estimate of drug-likeness (QED) is 0.673. The molecular formula is C16H15NO3S2. The fraction of sp³-hybridized carbons (Fsp3) is 0.0625. The van der Waals surface area contributed by atoms with Crippen molar-refractivity contribution >= 4 is 33.2 Å². The Morgan fingerprint density at radius 2 is 1.82 bits per heavy atom. The number of nitrogens with one attached hydrogen (secondary N) is 1. The second-order valence-electron chi connectivity index (χ2n) is 4.40. The third kappa shape index (κ3) is 3.58. The minimum Gasteiger partial charge on any atom is -0.322 e. The van der Waals surface area contributed by atoms with Crippen LogP contribution in [0.15, 0.2) is 75.9 Å². The van der Waals surface area contributed by atoms with Gasteiger partial charge in [-0.05, 0) is 54.8 Å². The second kappa shape index (κ2) is 6.81. The highest BCUT2D eigenvalue weighted by molar-refractivity contribution is 7.98. The first kappa shape index (κ1) is 16.3. The van der Waals surface area contributed by atoms with E-state index in [1.807, 2.05) is 6.26 Å². The first-order valence-corrected chi connectivity index (χ1v) is 9.11. The molecule has 22 heavy (non-hydrogen) atoms. The molecule has 2 aromatic carbocycles. The number of amides is 1. The van der Waals surface area contributed by atoms with Gasteiger partial charge in [-0.2, -0.15) is 0 Å². The molecule has 0 heterocycles. The van der Waals surface area contributed by atoms with Gasteiger partial charge in [-0.25, -0.2) is 8.42 Å². The lowest BCUT2D eigenvalue weighted by Gasteiger charge is -2.08. The molecule has 2 aromatic rings. The fourth-order valence-corrected chi connectivity index (χ4v) is 3.54. The highest BCUT2D eigenvalue weighted by atomic mass is 32.2. The van der Waals surface area contributed by atoms with Crippen LogP contribution in [0.4, 0.5) is 5.69 Å². The molecule has 114 valence electrons. The van der Waals surface area contributed by atoms with Gasteiger partial charge < -0.3 is 5.32 Å². The summed E-state index contributed by atoms with van der Waals surface area (Å²) in [5, 5.41) is 2.55. The Kier molecular flexibility index (Phi) is 5.05. The SMILES string of the molecule is C=CC(=O)Nc1cccc(S(=O)(=O)c2ccc(SC)cc2)c1. The number of anilines is 1. The smallest absolute Gasteiger partial charge is 0.247 e. The molecule has 4 nitrogen and oxygen atoms in total. The molecule has 2 rings (SSSR count). The van der Waals surface area contributed by atoms with Crippen LogP contribution in [-0.2, 0) is 14.6 Å². The highest BCUT2D eigenvalue weighted by Crippen LogP contribution is 2.25. The van der Waals surface area contributed by atoms with Crippen LogP contribution in [0.1, 0.15) is 0 Å². The highest BCUT2D eigenvalue weighted by Gasteiger charge is 2.18. The number of carbonyl (C=O) groups is 1. The maximum Gasteiger partial charge on any atom is 0.247 e. The maximum absolute atomic E-state index is 12.6. The largest absolute Gasteiger partial charge is 0.322 e. The predicted octanol–water partition coefficient (Wildman–Crippen LogP) is 3.37. The van der Waals surface area contributed by atoms with Gasteiger partial charge >= 0.3 is 0 Å². The van der Waals surface area contributed by atoms with Crippen LogP contribution in [0.2, 0.25) is 0 Å². The first-order chi connectivity index (χ1) is 10.5. The van der Waals surface area contributed by atoms with Crippen molar-refractivity contribution in [2.45, 2.75) is 14.7 Å². The summed E-state index contributed by atoms with van der Waals surface area (Å²) in [5.41, 5.74) is 0.409. The van der Waals surface area contributed by atoms with E-state index in [9.17, 15) is 13.2 Å². The molecule has 0 unspecified atom stereocenters. The molecule has 0 saturated carbocycles. The summed E-state index contributed by atoms with van der Waals surface area (Å²) < 4.78 is 25.2. The monoisotopic (exact) mass is 333 g/mol. The molecule has 0 saturated heterocycles. The third-order valence-electron chi connectivity index (χ3n) is 2.97. The lowest BCUT2D eigenvalue weighted by atomic mass is 10.3. The standard InChI is InChI=1S/C16H15NO3S2/c1-3-16(18)17-12-5-4-6-15(11-12)22(19,20)14-9-7-13(21-2)8-10-14/h3-11H,1H2,2H3,(H,17,18). The van der Waals surface area contributed by atoms with E-state index >= 15 is 0 Å². The molecule has 0 atom stereocenters. The Balaban J connectivity index is 2.38. The van der Waals surface area contributed by atoms with Crippen molar-refractivity contribution in [3.8, 4) is 0 Å². The van der Waals surface area contributed by atoms with Crippen molar-refractivity contribution in [2.75, 3.05) is 11.6 Å². The third-order valence-corrected chi connectivity index (χ3v) is 5.48. The van der Waals surface area contributed by atoms with Gasteiger partial charge in [0, 0.05) is 10.6 Å². The average Bonchev–Trinajstić information content (AvgIpc) is 2.55. The van der Waals surface area contributed by atoms with Crippen molar-refractivity contribution in [3.63, 3.8) is 0 Å². The fourth-order valence-electron chi connectivity index (χ4n) is 1.83. The van der Waals surface area contributed by atoms with Crippen LogP contribution in [0.3, 0.4) is 0 Å². The van der Waals surface area contributed by atoms with Gasteiger partial charge in [0.25, 0.3) is 0 Å². The Morgan fingerprint density at radius 1 is 1.14 bits per heavy atom. The van der Waals surface area contributed by atoms with E-state index in [1.54, 1.807) is 48.2 Å². The minimum atomic E-state index is -3.62. The van der Waals surface area contributed by atoms with Crippen molar-refractivity contribution in [2.24, 2.45) is 0 Å². The van der Waals surface area contributed by atoms with Crippen molar-refractivity contribution in [1.82, 2.24) is 0 Å². The Labute approximate surface area is 134 Å². The van der Waals surface area contributed by atoms with E-state index in [0.29, 0.717) is 5.69 Å². The summed E-state index contributed by atoms with van der Waals surface area (Å²) in [6.45, 7) is 3.36. The van der Waals surface area contributed by atoms with Crippen molar-refractivity contribution in [1.29, 1.82) is 0 Å². The molecule has 0 bridgehead atoms. The molecule has 0 radical (unpaired) electrons. The molecule has 0 aromatic heterocycles. The molecule has 0 spiro atoms. The summed E-state index contributed by atoms with van der Waals surface area (Å²) in [5.74, 6) is -0.390. The van der Waals surface area contributed by atoms with Gasteiger partial charge in [0.1, 0.15) is 0 Å². The minimum absolute atomic E-state index is 0.131. The average molecular weight is 333 g/mol. The number of benzene rings is 2. The topological polar surface area (TPSA) is 63.2 Å². The van der Waals surface area contributed by atoms with Gasteiger partial charge in [-0.1, -0.05) is 12.6 Å². The number of sulfone groups is 1. The van der Waals surface area contributed by atoms with Crippen molar-refractivity contribution in [3.05, 3.63) is 61.2 Å². The molecule has 0 fully saturated rings. The van der Waals surface area contributed by atoms with Gasteiger partial charge in [-0.15, -0.1) is 11.8 Å². The first-order valence-electron chi connectivity index (χ1n) is 6.40. The van der Waals surface area contributed by atoms with E-state index in [-0.39, 0.29) is 15.7 Å². The molecule has 0 aliphatic heterocycles. The molecule has 1 amide bonds. The number of hydrogen-bond acceptors (Lipinski definition) is 4. The second-order valence-corrected chi connectivity index (χ2v) is 7.23. The van der Waals surface area contributed by atoms with Crippen LogP contribution in [0.25, 0.3) is 0 Å². The van der Waals surface area contributed by atoms with E-state index in [4.69, 9.17) is 0 Å². The van der Waals surface area contributed by atoms with Gasteiger partial charge in [0.05, 0.1) is 9.79 Å². The normalized spacial score (nSPS) is 11.0. The Bertz CT molecular complexity index is 796. The number of thioether (sulfide) groups is 1. The number of rotatable bonds is 5. The van der Waals surface area contributed by atoms with Crippen LogP contribution in [0.5, 0.6) is 0 Å². The van der Waals surface area contributed by atoms with Crippen LogP contribution in [-0.4, -0.2) is 20.6 Å². The lowest BCUT2D eigenvalue weighted by molar-refractivity contribution is -0.111. The molecule has 0 aliphatic carbocycles. The van der Waals surface area contributed by atoms with E-state index in [1.165, 1.54) is 12.1 Å². The zero-order valence-electron chi connectivity index (χ0n) is 11.9. The zero-order chi connectivity index (χ0) is 16.2. The summed E-state index contributed by atoms with van der Waals surface area (Å²) >= 11 is 1.54. The van der Waals surface area contributed by atoms with E-state index in [2.05, 4.69) is 11.9 Å². The number of carbonyl (C=O) groups excluding carboxylic acids is 1. The van der Waals surface area contributed by atoms with Gasteiger partial charge in [0.2, 0.25) is 15.7 Å². The van der Waals surface area contributed by atoms with Gasteiger partial charge in [-0.3, -0.25) is 4.79 Å². The maximum atomic E-state index is 12.6. The van der Waals surface area contributed by atoms with Crippen LogP contribution in [0, 0.1) is 0 Å². The summed E-state index contributed by atoms with van der Waals surface area (Å²) in [6, 6.07) is 12.8. The summed E-state index contributed by atoms with van der Waals surface area (Å²) in [4.78, 5) is 12.6. The summed E-state index contributed by atoms with van der Waals surface area (Å²) in [6.07, 6.45) is 3.05. The molecule has 6 heteroatoms. The lowest BCUT2D eigenvalue weighted by Crippen LogP contribution is -2.08. The number of hydrogen-bond donors (Lipinski definition) is 1. The van der Waals surface area contributed by atoms with E-state index in [0.717, 1.165) is 11.0 Å². The zero-order valence-corrected chi connectivity index (χ0v) is 13.6. The van der Waals surface area contributed by atoms with Crippen molar-refractivity contribution < 1.29 is 13.2 Å². The van der Waals surface area contributed by atoms with Crippen LogP contribution >= 0.6 is 11.8 Å². The Morgan fingerprint density at radius 3 is 2.41 bits per heavy atom. The molecule has 0 aliphatic rings. The summed E-state index contributed by atoms with van der Waals surface area (Å²) in [7, 11) is -3.62.